The number of nitrogens with two attached hydrogens (primary N) is 1. The van der Waals surface area contributed by atoms with Crippen LogP contribution in [0.1, 0.15) is 19.3 Å². The number of carbonyl (C=O) groups is 1. The lowest BCUT2D eigenvalue weighted by molar-refractivity contribution is -0.119. The van der Waals surface area contributed by atoms with Gasteiger partial charge in [-0.05, 0) is 63.3 Å². The van der Waals surface area contributed by atoms with Gasteiger partial charge in [-0.3, -0.25) is 4.79 Å². The third kappa shape index (κ3) is 3.09. The summed E-state index contributed by atoms with van der Waals surface area (Å²) in [5, 5.41) is 2.95. The number of anilines is 1. The van der Waals surface area contributed by atoms with E-state index in [1.54, 1.807) is 0 Å². The maximum Gasteiger partial charge on any atom is 0.227 e. The molecule has 0 saturated heterocycles. The lowest BCUT2D eigenvalue weighted by Gasteiger charge is -2.13. The first kappa shape index (κ1) is 13.1. The SMILES string of the molecule is NC1CCC(C(=O)Nc2c(Br)cccc2Br)C1. The van der Waals surface area contributed by atoms with Crippen LogP contribution in [-0.2, 0) is 4.79 Å². The van der Waals surface area contributed by atoms with Crippen LogP contribution in [0.5, 0.6) is 0 Å². The lowest BCUT2D eigenvalue weighted by atomic mass is 10.1. The van der Waals surface area contributed by atoms with Crippen LogP contribution in [0.15, 0.2) is 27.1 Å². The van der Waals surface area contributed by atoms with Gasteiger partial charge >= 0.3 is 0 Å². The normalized spacial score (nSPS) is 23.7. The first-order valence-electron chi connectivity index (χ1n) is 5.58. The fraction of sp³-hybridized carbons (Fsp3) is 0.417. The Morgan fingerprint density at radius 2 is 1.94 bits per heavy atom. The number of benzene rings is 1. The third-order valence-corrected chi connectivity index (χ3v) is 4.38. The van der Waals surface area contributed by atoms with E-state index in [1.165, 1.54) is 0 Å². The van der Waals surface area contributed by atoms with Crippen LogP contribution >= 0.6 is 31.9 Å². The highest BCUT2D eigenvalue weighted by molar-refractivity contribution is 9.11. The van der Waals surface area contributed by atoms with Crippen molar-refractivity contribution in [2.75, 3.05) is 5.32 Å². The zero-order valence-corrected chi connectivity index (χ0v) is 12.4. The van der Waals surface area contributed by atoms with Crippen LogP contribution in [-0.4, -0.2) is 11.9 Å². The number of hydrogen-bond donors (Lipinski definition) is 2. The molecule has 0 aromatic heterocycles. The molecule has 2 rings (SSSR count). The van der Waals surface area contributed by atoms with E-state index in [4.69, 9.17) is 5.73 Å². The summed E-state index contributed by atoms with van der Waals surface area (Å²) in [6.07, 6.45) is 2.61. The molecular weight excluding hydrogens is 348 g/mol. The second kappa shape index (κ2) is 5.50. The van der Waals surface area contributed by atoms with Crippen molar-refractivity contribution in [1.82, 2.24) is 0 Å². The highest BCUT2D eigenvalue weighted by Crippen LogP contribution is 2.32. The van der Waals surface area contributed by atoms with Crippen molar-refractivity contribution in [2.24, 2.45) is 11.7 Å². The van der Waals surface area contributed by atoms with E-state index < -0.39 is 0 Å². The maximum atomic E-state index is 12.1. The van der Waals surface area contributed by atoms with Crippen LogP contribution < -0.4 is 11.1 Å². The molecule has 1 fully saturated rings. The molecule has 0 aliphatic heterocycles. The van der Waals surface area contributed by atoms with E-state index in [1.807, 2.05) is 18.2 Å². The van der Waals surface area contributed by atoms with Crippen molar-refractivity contribution in [1.29, 1.82) is 0 Å². The summed E-state index contributed by atoms with van der Waals surface area (Å²) < 4.78 is 1.75. The largest absolute Gasteiger partial charge is 0.328 e. The molecule has 1 saturated carbocycles. The number of amides is 1. The van der Waals surface area contributed by atoms with Crippen LogP contribution in [0.4, 0.5) is 5.69 Å². The Hall–Kier alpha value is -0.390. The second-order valence-corrected chi connectivity index (χ2v) is 6.06. The van der Waals surface area contributed by atoms with E-state index in [-0.39, 0.29) is 17.9 Å². The Balaban J connectivity index is 2.08. The fourth-order valence-electron chi connectivity index (χ4n) is 2.10. The Morgan fingerprint density at radius 1 is 1.29 bits per heavy atom. The van der Waals surface area contributed by atoms with Crippen LogP contribution in [0.25, 0.3) is 0 Å². The minimum atomic E-state index is 0.0454. The van der Waals surface area contributed by atoms with Gasteiger partial charge in [0.2, 0.25) is 5.91 Å². The van der Waals surface area contributed by atoms with Gasteiger partial charge in [0.1, 0.15) is 0 Å². The molecule has 1 aliphatic carbocycles. The van der Waals surface area contributed by atoms with Gasteiger partial charge in [-0.2, -0.15) is 0 Å². The van der Waals surface area contributed by atoms with E-state index in [2.05, 4.69) is 37.2 Å². The zero-order chi connectivity index (χ0) is 12.4. The number of nitrogens with one attached hydrogen (secondary N) is 1. The quantitative estimate of drug-likeness (QED) is 0.849. The summed E-state index contributed by atoms with van der Waals surface area (Å²) >= 11 is 6.85. The molecule has 0 heterocycles. The molecule has 1 aromatic carbocycles. The van der Waals surface area contributed by atoms with Crippen molar-refractivity contribution in [3.05, 3.63) is 27.1 Å². The highest BCUT2D eigenvalue weighted by atomic mass is 79.9. The molecule has 1 aliphatic rings. The van der Waals surface area contributed by atoms with Crippen LogP contribution in [0.3, 0.4) is 0 Å². The van der Waals surface area contributed by atoms with Gasteiger partial charge in [-0.15, -0.1) is 0 Å². The molecular formula is C12H14Br2N2O. The first-order chi connectivity index (χ1) is 8.08. The minimum Gasteiger partial charge on any atom is -0.328 e. The Bertz CT molecular complexity index is 416. The van der Waals surface area contributed by atoms with Gasteiger partial charge < -0.3 is 11.1 Å². The Kier molecular flexibility index (Phi) is 4.22. The summed E-state index contributed by atoms with van der Waals surface area (Å²) in [6, 6.07) is 5.89. The average molecular weight is 362 g/mol. The molecule has 0 spiro atoms. The predicted molar refractivity (Wildman–Crippen MR) is 75.8 cm³/mol. The Morgan fingerprint density at radius 3 is 2.47 bits per heavy atom. The molecule has 2 atom stereocenters. The van der Waals surface area contributed by atoms with Crippen molar-refractivity contribution in [3.63, 3.8) is 0 Å². The molecule has 3 nitrogen and oxygen atoms in total. The topological polar surface area (TPSA) is 55.1 Å². The molecule has 1 amide bonds. The van der Waals surface area contributed by atoms with Crippen molar-refractivity contribution >= 4 is 43.5 Å². The maximum absolute atomic E-state index is 12.1. The molecule has 2 unspecified atom stereocenters. The smallest absolute Gasteiger partial charge is 0.227 e. The molecule has 0 radical (unpaired) electrons. The molecule has 92 valence electrons. The van der Waals surface area contributed by atoms with Gasteiger partial charge in [-0.25, -0.2) is 0 Å². The number of hydrogen-bond acceptors (Lipinski definition) is 2. The van der Waals surface area contributed by atoms with Crippen molar-refractivity contribution in [2.45, 2.75) is 25.3 Å². The van der Waals surface area contributed by atoms with Crippen molar-refractivity contribution < 1.29 is 4.79 Å². The molecule has 0 bridgehead atoms. The van der Waals surface area contributed by atoms with E-state index in [0.29, 0.717) is 0 Å². The third-order valence-electron chi connectivity index (χ3n) is 3.05. The minimum absolute atomic E-state index is 0.0454. The number of carbonyl (C=O) groups excluding carboxylic acids is 1. The predicted octanol–water partition coefficient (Wildman–Crippen LogP) is 3.28. The lowest BCUT2D eigenvalue weighted by Crippen LogP contribution is -2.23. The second-order valence-electron chi connectivity index (χ2n) is 4.36. The number of rotatable bonds is 2. The van der Waals surface area contributed by atoms with Gasteiger partial charge in [0.15, 0.2) is 0 Å². The molecule has 3 N–H and O–H groups in total. The first-order valence-corrected chi connectivity index (χ1v) is 7.17. The van der Waals surface area contributed by atoms with Crippen LogP contribution in [0, 0.1) is 5.92 Å². The summed E-state index contributed by atoms with van der Waals surface area (Å²) in [5.74, 6) is 0.106. The van der Waals surface area contributed by atoms with E-state index >= 15 is 0 Å². The number of para-hydroxylation sites is 1. The fourth-order valence-corrected chi connectivity index (χ4v) is 3.29. The van der Waals surface area contributed by atoms with Gasteiger partial charge in [-0.1, -0.05) is 6.07 Å². The summed E-state index contributed by atoms with van der Waals surface area (Å²) in [7, 11) is 0. The van der Waals surface area contributed by atoms with E-state index in [0.717, 1.165) is 33.9 Å². The Labute approximate surface area is 117 Å². The summed E-state index contributed by atoms with van der Waals surface area (Å²) in [5.41, 5.74) is 6.61. The average Bonchev–Trinajstić information content (AvgIpc) is 2.70. The number of halogens is 2. The molecule has 5 heteroatoms. The van der Waals surface area contributed by atoms with Gasteiger partial charge in [0, 0.05) is 20.9 Å². The monoisotopic (exact) mass is 360 g/mol. The van der Waals surface area contributed by atoms with Gasteiger partial charge in [0.25, 0.3) is 0 Å². The molecule has 1 aromatic rings. The van der Waals surface area contributed by atoms with Crippen molar-refractivity contribution in [3.8, 4) is 0 Å². The highest BCUT2D eigenvalue weighted by Gasteiger charge is 2.28. The van der Waals surface area contributed by atoms with Gasteiger partial charge in [0.05, 0.1) is 5.69 Å². The standard InChI is InChI=1S/C12H14Br2N2O/c13-9-2-1-3-10(14)11(9)16-12(17)7-4-5-8(15)6-7/h1-3,7-8H,4-6,15H2,(H,16,17). The summed E-state index contributed by atoms with van der Waals surface area (Å²) in [4.78, 5) is 12.1. The van der Waals surface area contributed by atoms with E-state index in [9.17, 15) is 4.79 Å². The summed E-state index contributed by atoms with van der Waals surface area (Å²) in [6.45, 7) is 0. The molecule has 17 heavy (non-hydrogen) atoms. The van der Waals surface area contributed by atoms with Crippen LogP contribution in [0.2, 0.25) is 0 Å². The zero-order valence-electron chi connectivity index (χ0n) is 9.25.